The number of benzene rings is 2. The molecule has 1 fully saturated rings. The van der Waals surface area contributed by atoms with Crippen LogP contribution in [-0.2, 0) is 4.79 Å². The van der Waals surface area contributed by atoms with Crippen molar-refractivity contribution >= 4 is 29.0 Å². The Balaban J connectivity index is 1.31. The molecule has 0 unspecified atom stereocenters. The maximum atomic E-state index is 13.6. The van der Waals surface area contributed by atoms with Gasteiger partial charge in [0.15, 0.2) is 17.0 Å². The molecule has 0 bridgehead atoms. The van der Waals surface area contributed by atoms with Gasteiger partial charge >= 0.3 is 0 Å². The highest BCUT2D eigenvalue weighted by atomic mass is 19.1. The van der Waals surface area contributed by atoms with Gasteiger partial charge in [0.25, 0.3) is 0 Å². The third kappa shape index (κ3) is 3.92. The van der Waals surface area contributed by atoms with E-state index in [4.69, 9.17) is 0 Å². The second-order valence-corrected chi connectivity index (χ2v) is 7.41. The molecule has 0 saturated carbocycles. The normalized spacial score (nSPS) is 14.4. The lowest BCUT2D eigenvalue weighted by Gasteiger charge is -2.34. The molecule has 0 atom stereocenters. The fourth-order valence-corrected chi connectivity index (χ4v) is 3.73. The second-order valence-electron chi connectivity index (χ2n) is 7.41. The van der Waals surface area contributed by atoms with Gasteiger partial charge in [-0.3, -0.25) is 4.79 Å². The van der Waals surface area contributed by atoms with Crippen LogP contribution in [0.25, 0.3) is 22.9 Å². The summed E-state index contributed by atoms with van der Waals surface area (Å²) in [6, 6.07) is 15.8. The predicted octanol–water partition coefficient (Wildman–Crippen LogP) is 2.71. The van der Waals surface area contributed by atoms with E-state index >= 15 is 0 Å². The molecule has 9 heteroatoms. The minimum atomic E-state index is -0.359. The van der Waals surface area contributed by atoms with Gasteiger partial charge in [0, 0.05) is 32.3 Å². The molecule has 1 saturated heterocycles. The Kier molecular flexibility index (Phi) is 5.29. The maximum absolute atomic E-state index is 13.6. The summed E-state index contributed by atoms with van der Waals surface area (Å²) in [5, 5.41) is 8.40. The zero-order valence-corrected chi connectivity index (χ0v) is 17.2. The largest absolute Gasteiger partial charge is 0.351 e. The van der Waals surface area contributed by atoms with Crippen LogP contribution in [0.3, 0.4) is 0 Å². The van der Waals surface area contributed by atoms with Gasteiger partial charge in [-0.05, 0) is 29.8 Å². The Morgan fingerprint density at radius 3 is 2.56 bits per heavy atom. The van der Waals surface area contributed by atoms with Crippen LogP contribution in [-0.4, -0.2) is 61.9 Å². The number of rotatable bonds is 4. The topological polar surface area (TPSA) is 80.0 Å². The maximum Gasteiger partial charge on any atom is 0.246 e. The summed E-state index contributed by atoms with van der Waals surface area (Å²) >= 11 is 0. The highest BCUT2D eigenvalue weighted by Gasteiger charge is 2.24. The van der Waals surface area contributed by atoms with Gasteiger partial charge in [-0.25, -0.2) is 14.4 Å². The first-order valence-electron chi connectivity index (χ1n) is 10.3. The molecule has 2 aromatic carbocycles. The first kappa shape index (κ1) is 19.8. The molecule has 0 aliphatic carbocycles. The number of halogens is 1. The number of carbonyl (C=O) groups is 1. The van der Waals surface area contributed by atoms with Gasteiger partial charge in [0.05, 0.1) is 5.69 Å². The second kappa shape index (κ2) is 8.54. The molecule has 1 aliphatic heterocycles. The zero-order chi connectivity index (χ0) is 21.9. The Morgan fingerprint density at radius 1 is 0.969 bits per heavy atom. The third-order valence-electron chi connectivity index (χ3n) is 5.38. The molecule has 0 N–H and O–H groups in total. The Morgan fingerprint density at radius 2 is 1.78 bits per heavy atom. The van der Waals surface area contributed by atoms with Gasteiger partial charge in [-0.2, -0.15) is 4.68 Å². The minimum absolute atomic E-state index is 0.0154. The fourth-order valence-electron chi connectivity index (χ4n) is 3.73. The molecule has 5 rings (SSSR count). The molecule has 160 valence electrons. The molecule has 0 spiro atoms. The van der Waals surface area contributed by atoms with E-state index in [1.807, 2.05) is 41.3 Å². The van der Waals surface area contributed by atoms with Gasteiger partial charge < -0.3 is 9.80 Å². The number of hydrogen-bond acceptors (Lipinski definition) is 6. The summed E-state index contributed by atoms with van der Waals surface area (Å²) in [5.41, 5.74) is 2.58. The lowest BCUT2D eigenvalue weighted by Crippen LogP contribution is -2.48. The monoisotopic (exact) mass is 429 g/mol. The van der Waals surface area contributed by atoms with Crippen LogP contribution in [0.2, 0.25) is 0 Å². The lowest BCUT2D eigenvalue weighted by molar-refractivity contribution is -0.126. The van der Waals surface area contributed by atoms with Crippen molar-refractivity contribution in [2.24, 2.45) is 0 Å². The van der Waals surface area contributed by atoms with Crippen molar-refractivity contribution in [2.45, 2.75) is 0 Å². The third-order valence-corrected chi connectivity index (χ3v) is 5.38. The number of amides is 1. The summed E-state index contributed by atoms with van der Waals surface area (Å²) in [6.45, 7) is 2.37. The number of hydrogen-bond donors (Lipinski definition) is 0. The van der Waals surface area contributed by atoms with Crippen molar-refractivity contribution in [3.63, 3.8) is 0 Å². The Hall–Kier alpha value is -4.14. The van der Waals surface area contributed by atoms with Crippen molar-refractivity contribution in [1.29, 1.82) is 0 Å². The first-order valence-corrected chi connectivity index (χ1v) is 10.3. The molecule has 1 aliphatic rings. The van der Waals surface area contributed by atoms with Crippen LogP contribution in [0.15, 0.2) is 67.0 Å². The predicted molar refractivity (Wildman–Crippen MR) is 119 cm³/mol. The highest BCUT2D eigenvalue weighted by molar-refractivity contribution is 5.92. The number of aromatic nitrogens is 5. The van der Waals surface area contributed by atoms with Crippen LogP contribution in [0.1, 0.15) is 5.56 Å². The molecule has 2 aromatic heterocycles. The molecule has 4 aromatic rings. The minimum Gasteiger partial charge on any atom is -0.351 e. The molecular weight excluding hydrogens is 409 g/mol. The van der Waals surface area contributed by atoms with Crippen molar-refractivity contribution in [2.75, 3.05) is 31.1 Å². The number of anilines is 1. The summed E-state index contributed by atoms with van der Waals surface area (Å²) in [6.07, 6.45) is 4.89. The smallest absolute Gasteiger partial charge is 0.246 e. The van der Waals surface area contributed by atoms with E-state index < -0.39 is 0 Å². The molecular formula is C23H20FN7O. The molecule has 1 amide bonds. The molecule has 32 heavy (non-hydrogen) atoms. The SMILES string of the molecule is O=C(C=Cc1ccccc1)N1CCN(c2ncnc3c2nnn3-c2cccc(F)c2)CC1. The van der Waals surface area contributed by atoms with Crippen molar-refractivity contribution in [3.05, 3.63) is 78.4 Å². The van der Waals surface area contributed by atoms with E-state index in [0.29, 0.717) is 48.8 Å². The van der Waals surface area contributed by atoms with Gasteiger partial charge in [0.1, 0.15) is 12.1 Å². The van der Waals surface area contributed by atoms with Crippen LogP contribution < -0.4 is 4.90 Å². The van der Waals surface area contributed by atoms with Gasteiger partial charge in [0.2, 0.25) is 5.91 Å². The quantitative estimate of drug-likeness (QED) is 0.464. The van der Waals surface area contributed by atoms with E-state index in [0.717, 1.165) is 5.56 Å². The van der Waals surface area contributed by atoms with E-state index in [1.165, 1.54) is 23.1 Å². The van der Waals surface area contributed by atoms with E-state index in [9.17, 15) is 9.18 Å². The zero-order valence-electron chi connectivity index (χ0n) is 17.2. The van der Waals surface area contributed by atoms with Gasteiger partial charge in [-0.1, -0.05) is 41.6 Å². The average Bonchev–Trinajstić information content (AvgIpc) is 3.28. The van der Waals surface area contributed by atoms with Crippen LogP contribution in [0, 0.1) is 5.82 Å². The van der Waals surface area contributed by atoms with Crippen molar-refractivity contribution in [3.8, 4) is 5.69 Å². The van der Waals surface area contributed by atoms with E-state index in [-0.39, 0.29) is 11.7 Å². The van der Waals surface area contributed by atoms with Crippen LogP contribution in [0.5, 0.6) is 0 Å². The van der Waals surface area contributed by atoms with E-state index in [1.54, 1.807) is 18.2 Å². The molecule has 8 nitrogen and oxygen atoms in total. The highest BCUT2D eigenvalue weighted by Crippen LogP contribution is 2.24. The molecule has 3 heterocycles. The summed E-state index contributed by atoms with van der Waals surface area (Å²) < 4.78 is 15.1. The first-order chi connectivity index (χ1) is 15.7. The molecule has 0 radical (unpaired) electrons. The summed E-state index contributed by atoms with van der Waals surface area (Å²) in [4.78, 5) is 25.2. The van der Waals surface area contributed by atoms with Crippen molar-refractivity contribution in [1.82, 2.24) is 29.9 Å². The lowest BCUT2D eigenvalue weighted by atomic mass is 10.2. The Bertz CT molecular complexity index is 1280. The van der Waals surface area contributed by atoms with Crippen molar-refractivity contribution < 1.29 is 9.18 Å². The van der Waals surface area contributed by atoms with Gasteiger partial charge in [-0.15, -0.1) is 5.10 Å². The van der Waals surface area contributed by atoms with Crippen LogP contribution >= 0.6 is 0 Å². The number of carbonyl (C=O) groups excluding carboxylic acids is 1. The van der Waals surface area contributed by atoms with Crippen LogP contribution in [0.4, 0.5) is 10.2 Å². The fraction of sp³-hybridized carbons (Fsp3) is 0.174. The Labute approximate surface area is 183 Å². The number of fused-ring (bicyclic) bond motifs is 1. The summed E-state index contributed by atoms with van der Waals surface area (Å²) in [7, 11) is 0. The standard InChI is InChI=1S/C23H20FN7O/c24-18-7-4-8-19(15-18)31-23-21(27-28-31)22(25-16-26-23)30-13-11-29(12-14-30)20(32)10-9-17-5-2-1-3-6-17/h1-10,15-16H,11-14H2. The van der Waals surface area contributed by atoms with E-state index in [2.05, 4.69) is 25.2 Å². The average molecular weight is 429 g/mol. The summed E-state index contributed by atoms with van der Waals surface area (Å²) in [5.74, 6) is 0.283. The number of nitrogens with zero attached hydrogens (tertiary/aromatic N) is 7. The number of piperazine rings is 1.